The third-order valence-electron chi connectivity index (χ3n) is 2.59. The standard InChI is InChI=1S/C11H15N3O5/c1-2-18-11(16)10-12-8(13-19-10)7-9(15)14-3-5-17-6-4-14/h2-7H2,1H3. The summed E-state index contributed by atoms with van der Waals surface area (Å²) in [5.41, 5.74) is 0. The molecule has 0 unspecified atom stereocenters. The van der Waals surface area contributed by atoms with Crippen LogP contribution in [0.2, 0.25) is 0 Å². The average molecular weight is 269 g/mol. The molecule has 8 heteroatoms. The highest BCUT2D eigenvalue weighted by atomic mass is 16.6. The Morgan fingerprint density at radius 3 is 2.79 bits per heavy atom. The van der Waals surface area contributed by atoms with Crippen LogP contribution in [-0.2, 0) is 20.7 Å². The van der Waals surface area contributed by atoms with Crippen molar-refractivity contribution in [2.75, 3.05) is 32.9 Å². The number of aromatic nitrogens is 2. The Balaban J connectivity index is 1.92. The molecule has 1 amide bonds. The van der Waals surface area contributed by atoms with Crippen LogP contribution in [0.4, 0.5) is 0 Å². The predicted octanol–water partition coefficient (Wildman–Crippen LogP) is -0.352. The molecule has 104 valence electrons. The van der Waals surface area contributed by atoms with Crippen LogP contribution < -0.4 is 0 Å². The molecule has 0 aromatic carbocycles. The summed E-state index contributed by atoms with van der Waals surface area (Å²) < 4.78 is 14.6. The molecular formula is C11H15N3O5. The second-order valence-electron chi connectivity index (χ2n) is 3.91. The Kier molecular flexibility index (Phi) is 4.45. The van der Waals surface area contributed by atoms with E-state index in [2.05, 4.69) is 10.1 Å². The first-order valence-electron chi connectivity index (χ1n) is 6.06. The van der Waals surface area contributed by atoms with E-state index in [0.717, 1.165) is 0 Å². The average Bonchev–Trinajstić information content (AvgIpc) is 2.88. The number of hydrogen-bond acceptors (Lipinski definition) is 7. The minimum Gasteiger partial charge on any atom is -0.459 e. The fourth-order valence-corrected chi connectivity index (χ4v) is 1.66. The van der Waals surface area contributed by atoms with Crippen LogP contribution in [0.15, 0.2) is 4.52 Å². The van der Waals surface area contributed by atoms with Crippen LogP contribution in [0.3, 0.4) is 0 Å². The van der Waals surface area contributed by atoms with Gasteiger partial charge in [-0.25, -0.2) is 4.79 Å². The second-order valence-corrected chi connectivity index (χ2v) is 3.91. The van der Waals surface area contributed by atoms with Gasteiger partial charge in [0.05, 0.1) is 26.2 Å². The summed E-state index contributed by atoms with van der Waals surface area (Å²) in [6.45, 7) is 4.08. The molecule has 19 heavy (non-hydrogen) atoms. The van der Waals surface area contributed by atoms with Crippen molar-refractivity contribution < 1.29 is 23.6 Å². The van der Waals surface area contributed by atoms with E-state index >= 15 is 0 Å². The van der Waals surface area contributed by atoms with Gasteiger partial charge in [0.2, 0.25) is 5.91 Å². The van der Waals surface area contributed by atoms with Crippen molar-refractivity contribution in [2.24, 2.45) is 0 Å². The molecular weight excluding hydrogens is 254 g/mol. The normalized spacial score (nSPS) is 15.3. The molecule has 0 bridgehead atoms. The fourth-order valence-electron chi connectivity index (χ4n) is 1.66. The van der Waals surface area contributed by atoms with Gasteiger partial charge in [-0.1, -0.05) is 5.16 Å². The van der Waals surface area contributed by atoms with E-state index in [4.69, 9.17) is 14.0 Å². The molecule has 8 nitrogen and oxygen atoms in total. The molecule has 2 rings (SSSR count). The van der Waals surface area contributed by atoms with Gasteiger partial charge >= 0.3 is 11.9 Å². The molecule has 1 fully saturated rings. The van der Waals surface area contributed by atoms with E-state index in [0.29, 0.717) is 26.3 Å². The van der Waals surface area contributed by atoms with Crippen molar-refractivity contribution in [1.82, 2.24) is 15.0 Å². The summed E-state index contributed by atoms with van der Waals surface area (Å²) in [5.74, 6) is -0.842. The number of esters is 1. The van der Waals surface area contributed by atoms with Crippen LogP contribution >= 0.6 is 0 Å². The van der Waals surface area contributed by atoms with Crippen LogP contribution in [0.25, 0.3) is 0 Å². The van der Waals surface area contributed by atoms with Crippen molar-refractivity contribution >= 4 is 11.9 Å². The van der Waals surface area contributed by atoms with E-state index in [1.54, 1.807) is 11.8 Å². The lowest BCUT2D eigenvalue weighted by molar-refractivity contribution is -0.134. The molecule has 1 aliphatic heterocycles. The highest BCUT2D eigenvalue weighted by Gasteiger charge is 2.21. The third-order valence-corrected chi connectivity index (χ3v) is 2.59. The molecule has 0 saturated carbocycles. The SMILES string of the molecule is CCOC(=O)c1nc(CC(=O)N2CCOCC2)no1. The zero-order valence-electron chi connectivity index (χ0n) is 10.6. The van der Waals surface area contributed by atoms with E-state index in [9.17, 15) is 9.59 Å². The lowest BCUT2D eigenvalue weighted by Gasteiger charge is -2.26. The minimum absolute atomic E-state index is 0.00288. The highest BCUT2D eigenvalue weighted by molar-refractivity contribution is 5.84. The first-order valence-corrected chi connectivity index (χ1v) is 6.06. The Labute approximate surface area is 109 Å². The number of morpholine rings is 1. The maximum atomic E-state index is 11.9. The van der Waals surface area contributed by atoms with Crippen LogP contribution in [0.1, 0.15) is 23.4 Å². The molecule has 0 spiro atoms. The predicted molar refractivity (Wildman–Crippen MR) is 61.4 cm³/mol. The Morgan fingerprint density at radius 2 is 2.11 bits per heavy atom. The van der Waals surface area contributed by atoms with Gasteiger partial charge in [0.25, 0.3) is 0 Å². The molecule has 0 aliphatic carbocycles. The monoisotopic (exact) mass is 269 g/mol. The second kappa shape index (κ2) is 6.28. The molecule has 1 aromatic rings. The number of ether oxygens (including phenoxy) is 2. The van der Waals surface area contributed by atoms with Crippen LogP contribution in [0.5, 0.6) is 0 Å². The first-order chi connectivity index (χ1) is 9.20. The van der Waals surface area contributed by atoms with Gasteiger partial charge < -0.3 is 18.9 Å². The zero-order valence-corrected chi connectivity index (χ0v) is 10.6. The zero-order chi connectivity index (χ0) is 13.7. The molecule has 0 N–H and O–H groups in total. The van der Waals surface area contributed by atoms with Crippen molar-refractivity contribution in [3.63, 3.8) is 0 Å². The van der Waals surface area contributed by atoms with E-state index in [1.165, 1.54) is 0 Å². The Bertz CT molecular complexity index is 453. The van der Waals surface area contributed by atoms with Crippen molar-refractivity contribution in [2.45, 2.75) is 13.3 Å². The topological polar surface area (TPSA) is 94.8 Å². The number of carbonyl (C=O) groups is 2. The molecule has 0 radical (unpaired) electrons. The Morgan fingerprint density at radius 1 is 1.37 bits per heavy atom. The Hall–Kier alpha value is -1.96. The van der Waals surface area contributed by atoms with Gasteiger partial charge in [0.1, 0.15) is 0 Å². The van der Waals surface area contributed by atoms with Crippen molar-refractivity contribution in [1.29, 1.82) is 0 Å². The molecule has 2 heterocycles. The smallest absolute Gasteiger partial charge is 0.397 e. The fraction of sp³-hybridized carbons (Fsp3) is 0.636. The summed E-state index contributed by atoms with van der Waals surface area (Å²) in [7, 11) is 0. The molecule has 1 aliphatic rings. The van der Waals surface area contributed by atoms with Gasteiger partial charge in [-0.15, -0.1) is 0 Å². The summed E-state index contributed by atoms with van der Waals surface area (Å²) in [6, 6.07) is 0. The quantitative estimate of drug-likeness (QED) is 0.689. The minimum atomic E-state index is -0.680. The molecule has 1 aromatic heterocycles. The summed E-state index contributed by atoms with van der Waals surface area (Å²) in [5, 5.41) is 3.59. The lowest BCUT2D eigenvalue weighted by atomic mass is 10.3. The van der Waals surface area contributed by atoms with Crippen molar-refractivity contribution in [3.8, 4) is 0 Å². The van der Waals surface area contributed by atoms with Crippen LogP contribution in [0, 0.1) is 0 Å². The van der Waals surface area contributed by atoms with Gasteiger partial charge in [0, 0.05) is 13.1 Å². The van der Waals surface area contributed by atoms with Gasteiger partial charge in [-0.3, -0.25) is 4.79 Å². The van der Waals surface area contributed by atoms with Crippen LogP contribution in [-0.4, -0.2) is 59.8 Å². The first kappa shape index (κ1) is 13.5. The lowest BCUT2D eigenvalue weighted by Crippen LogP contribution is -2.41. The van der Waals surface area contributed by atoms with E-state index in [-0.39, 0.29) is 30.7 Å². The van der Waals surface area contributed by atoms with Crippen molar-refractivity contribution in [3.05, 3.63) is 11.7 Å². The maximum Gasteiger partial charge on any atom is 0.397 e. The summed E-state index contributed by atoms with van der Waals surface area (Å²) in [4.78, 5) is 28.7. The number of amides is 1. The number of hydrogen-bond donors (Lipinski definition) is 0. The van der Waals surface area contributed by atoms with Gasteiger partial charge in [0.15, 0.2) is 5.82 Å². The molecule has 1 saturated heterocycles. The summed E-state index contributed by atoms with van der Waals surface area (Å²) >= 11 is 0. The maximum absolute atomic E-state index is 11.9. The number of carbonyl (C=O) groups excluding carboxylic acids is 2. The largest absolute Gasteiger partial charge is 0.459 e. The summed E-state index contributed by atoms with van der Waals surface area (Å²) in [6.07, 6.45) is 0.00288. The number of rotatable bonds is 4. The van der Waals surface area contributed by atoms with Gasteiger partial charge in [-0.2, -0.15) is 4.98 Å². The third kappa shape index (κ3) is 3.50. The van der Waals surface area contributed by atoms with E-state index < -0.39 is 5.97 Å². The highest BCUT2D eigenvalue weighted by Crippen LogP contribution is 2.04. The number of nitrogens with zero attached hydrogens (tertiary/aromatic N) is 3. The van der Waals surface area contributed by atoms with Gasteiger partial charge in [-0.05, 0) is 6.92 Å². The molecule has 0 atom stereocenters. The van der Waals surface area contributed by atoms with E-state index in [1.807, 2.05) is 0 Å².